The van der Waals surface area contributed by atoms with E-state index >= 15 is 0 Å². The summed E-state index contributed by atoms with van der Waals surface area (Å²) in [5.41, 5.74) is 1.96. The van der Waals surface area contributed by atoms with Crippen molar-refractivity contribution in [2.24, 2.45) is 0 Å². The van der Waals surface area contributed by atoms with E-state index < -0.39 is 0 Å². The van der Waals surface area contributed by atoms with Crippen LogP contribution in [0.5, 0.6) is 0 Å². The van der Waals surface area contributed by atoms with E-state index in [1.54, 1.807) is 19.1 Å². The Bertz CT molecular complexity index is 402. The van der Waals surface area contributed by atoms with E-state index in [9.17, 15) is 10.1 Å². The van der Waals surface area contributed by atoms with Crippen LogP contribution in [0.3, 0.4) is 0 Å². The third kappa shape index (κ3) is 2.20. The summed E-state index contributed by atoms with van der Waals surface area (Å²) in [7, 11) is 0. The highest BCUT2D eigenvalue weighted by atomic mass is 16.6. The monoisotopic (exact) mass is 221 g/mol. The van der Waals surface area contributed by atoms with Crippen LogP contribution >= 0.6 is 0 Å². The molecule has 0 spiro atoms. The minimum absolute atomic E-state index is 0.200. The quantitative estimate of drug-likeness (QED) is 0.587. The maximum atomic E-state index is 10.8. The smallest absolute Gasteiger partial charge is 0.272 e. The lowest BCUT2D eigenvalue weighted by Gasteiger charge is -2.28. The average molecular weight is 221 g/mol. The third-order valence-corrected chi connectivity index (χ3v) is 2.98. The zero-order valence-corrected chi connectivity index (χ0v) is 9.19. The van der Waals surface area contributed by atoms with Crippen LogP contribution in [-0.4, -0.2) is 24.1 Å². The summed E-state index contributed by atoms with van der Waals surface area (Å²) in [6.45, 7) is 4.45. The molecule has 1 heterocycles. The van der Waals surface area contributed by atoms with Crippen LogP contribution in [0.25, 0.3) is 0 Å². The molecule has 86 valence electrons. The van der Waals surface area contributed by atoms with Crippen molar-refractivity contribution in [1.29, 1.82) is 0 Å². The number of hydrogen-bond donors (Lipinski definition) is 2. The molecule has 5 nitrogen and oxygen atoms in total. The Morgan fingerprint density at radius 1 is 1.56 bits per heavy atom. The van der Waals surface area contributed by atoms with Gasteiger partial charge in [0, 0.05) is 37.3 Å². The first-order valence-electron chi connectivity index (χ1n) is 5.35. The van der Waals surface area contributed by atoms with Gasteiger partial charge in [-0.2, -0.15) is 0 Å². The maximum absolute atomic E-state index is 10.8. The van der Waals surface area contributed by atoms with Crippen LogP contribution in [0.1, 0.15) is 11.1 Å². The minimum Gasteiger partial charge on any atom is -0.314 e. The molecule has 0 aromatic heterocycles. The fourth-order valence-electron chi connectivity index (χ4n) is 1.75. The second kappa shape index (κ2) is 4.59. The van der Waals surface area contributed by atoms with Crippen LogP contribution in [0.15, 0.2) is 18.2 Å². The molecule has 0 amide bonds. The Labute approximate surface area is 94.0 Å². The Kier molecular flexibility index (Phi) is 3.17. The van der Waals surface area contributed by atoms with Gasteiger partial charge in [0.15, 0.2) is 0 Å². The molecule has 1 saturated heterocycles. The summed E-state index contributed by atoms with van der Waals surface area (Å²) in [5.74, 6) is 0. The van der Waals surface area contributed by atoms with Crippen molar-refractivity contribution in [2.75, 3.05) is 13.1 Å². The van der Waals surface area contributed by atoms with E-state index in [0.717, 1.165) is 24.2 Å². The Hall–Kier alpha value is -1.46. The summed E-state index contributed by atoms with van der Waals surface area (Å²) < 4.78 is 0. The van der Waals surface area contributed by atoms with Gasteiger partial charge in [-0.05, 0) is 12.5 Å². The Morgan fingerprint density at radius 2 is 2.31 bits per heavy atom. The first kappa shape index (κ1) is 11.0. The summed E-state index contributed by atoms with van der Waals surface area (Å²) >= 11 is 0. The van der Waals surface area contributed by atoms with E-state index in [1.807, 2.05) is 6.07 Å². The summed E-state index contributed by atoms with van der Waals surface area (Å²) in [6, 6.07) is 5.71. The van der Waals surface area contributed by atoms with Crippen molar-refractivity contribution in [3.05, 3.63) is 39.4 Å². The molecule has 1 aromatic carbocycles. The summed E-state index contributed by atoms with van der Waals surface area (Å²) in [5, 5.41) is 17.3. The molecule has 0 unspecified atom stereocenters. The number of hydrogen-bond acceptors (Lipinski definition) is 4. The van der Waals surface area contributed by atoms with E-state index in [4.69, 9.17) is 0 Å². The number of nitro groups is 1. The molecule has 0 bridgehead atoms. The zero-order valence-electron chi connectivity index (χ0n) is 9.19. The van der Waals surface area contributed by atoms with Gasteiger partial charge in [0.05, 0.1) is 4.92 Å². The zero-order chi connectivity index (χ0) is 11.5. The van der Waals surface area contributed by atoms with E-state index in [0.29, 0.717) is 12.6 Å². The molecule has 0 atom stereocenters. The van der Waals surface area contributed by atoms with Crippen molar-refractivity contribution < 1.29 is 4.92 Å². The van der Waals surface area contributed by atoms with Gasteiger partial charge >= 0.3 is 0 Å². The van der Waals surface area contributed by atoms with Crippen molar-refractivity contribution >= 4 is 5.69 Å². The molecule has 1 aliphatic rings. The second-order valence-corrected chi connectivity index (χ2v) is 4.05. The maximum Gasteiger partial charge on any atom is 0.272 e. The number of nitro benzene ring substituents is 1. The van der Waals surface area contributed by atoms with E-state index in [1.165, 1.54) is 0 Å². The van der Waals surface area contributed by atoms with Crippen LogP contribution in [0.2, 0.25) is 0 Å². The van der Waals surface area contributed by atoms with Crippen molar-refractivity contribution in [3.8, 4) is 0 Å². The molecule has 2 rings (SSSR count). The fourth-order valence-corrected chi connectivity index (χ4v) is 1.75. The number of benzene rings is 1. The Morgan fingerprint density at radius 3 is 2.88 bits per heavy atom. The van der Waals surface area contributed by atoms with Crippen molar-refractivity contribution in [1.82, 2.24) is 10.6 Å². The van der Waals surface area contributed by atoms with Crippen LogP contribution in [-0.2, 0) is 6.54 Å². The SMILES string of the molecule is Cc1c(CNC2CNC2)cccc1[N+](=O)[O-]. The van der Waals surface area contributed by atoms with Gasteiger partial charge in [0.1, 0.15) is 0 Å². The molecule has 1 aliphatic heterocycles. The van der Waals surface area contributed by atoms with Gasteiger partial charge in [0.25, 0.3) is 5.69 Å². The highest BCUT2D eigenvalue weighted by molar-refractivity contribution is 5.44. The van der Waals surface area contributed by atoms with Gasteiger partial charge in [-0.25, -0.2) is 0 Å². The topological polar surface area (TPSA) is 67.2 Å². The Balaban J connectivity index is 2.07. The van der Waals surface area contributed by atoms with Crippen LogP contribution in [0, 0.1) is 17.0 Å². The van der Waals surface area contributed by atoms with Crippen molar-refractivity contribution in [2.45, 2.75) is 19.5 Å². The highest BCUT2D eigenvalue weighted by Gasteiger charge is 2.17. The predicted octanol–water partition coefficient (Wildman–Crippen LogP) is 0.965. The molecule has 0 aliphatic carbocycles. The molecule has 16 heavy (non-hydrogen) atoms. The standard InChI is InChI=1S/C11H15N3O2/c1-8-9(5-13-10-6-12-7-10)3-2-4-11(8)14(15)16/h2-4,10,12-13H,5-7H2,1H3. The van der Waals surface area contributed by atoms with E-state index in [2.05, 4.69) is 10.6 Å². The average Bonchev–Trinajstić information content (AvgIpc) is 2.17. The van der Waals surface area contributed by atoms with E-state index in [-0.39, 0.29) is 10.6 Å². The fraction of sp³-hybridized carbons (Fsp3) is 0.455. The van der Waals surface area contributed by atoms with Crippen molar-refractivity contribution in [3.63, 3.8) is 0 Å². The number of nitrogens with zero attached hydrogens (tertiary/aromatic N) is 1. The van der Waals surface area contributed by atoms with Gasteiger partial charge in [-0.15, -0.1) is 0 Å². The lowest BCUT2D eigenvalue weighted by atomic mass is 10.1. The summed E-state index contributed by atoms with van der Waals surface area (Å²) in [4.78, 5) is 10.4. The molecule has 1 aromatic rings. The van der Waals surface area contributed by atoms with Crippen LogP contribution < -0.4 is 10.6 Å². The molecule has 5 heteroatoms. The second-order valence-electron chi connectivity index (χ2n) is 4.05. The van der Waals surface area contributed by atoms with Gasteiger partial charge in [-0.3, -0.25) is 10.1 Å². The first-order valence-corrected chi connectivity index (χ1v) is 5.35. The molecule has 0 saturated carbocycles. The predicted molar refractivity (Wildman–Crippen MR) is 61.3 cm³/mol. The first-order chi connectivity index (χ1) is 7.68. The van der Waals surface area contributed by atoms with Gasteiger partial charge in [0.2, 0.25) is 0 Å². The molecular formula is C11H15N3O2. The normalized spacial score (nSPS) is 15.8. The van der Waals surface area contributed by atoms with Gasteiger partial charge in [-0.1, -0.05) is 12.1 Å². The molecule has 1 fully saturated rings. The third-order valence-electron chi connectivity index (χ3n) is 2.98. The highest BCUT2D eigenvalue weighted by Crippen LogP contribution is 2.20. The van der Waals surface area contributed by atoms with Crippen LogP contribution in [0.4, 0.5) is 5.69 Å². The molecule has 0 radical (unpaired) electrons. The largest absolute Gasteiger partial charge is 0.314 e. The summed E-state index contributed by atoms with van der Waals surface area (Å²) in [6.07, 6.45) is 0. The lowest BCUT2D eigenvalue weighted by Crippen LogP contribution is -2.55. The molecular weight excluding hydrogens is 206 g/mol. The minimum atomic E-state index is -0.330. The molecule has 2 N–H and O–H groups in total. The lowest BCUT2D eigenvalue weighted by molar-refractivity contribution is -0.385. The number of rotatable bonds is 4. The number of nitrogens with one attached hydrogen (secondary N) is 2. The van der Waals surface area contributed by atoms with Gasteiger partial charge < -0.3 is 10.6 Å².